The molecule has 0 unspecified atom stereocenters. The SMILES string of the molecule is CNc1cc(-c2ccoc2)ccc1C(C)=O. The van der Waals surface area contributed by atoms with E-state index in [-0.39, 0.29) is 5.78 Å². The molecule has 2 rings (SSSR count). The first-order chi connectivity index (χ1) is 7.72. The molecule has 0 saturated heterocycles. The number of Topliss-reactive ketones (excluding diaryl/α,β-unsaturated/α-hetero) is 1. The fraction of sp³-hybridized carbons (Fsp3) is 0.154. The maximum Gasteiger partial charge on any atom is 0.161 e. The number of hydrogen-bond acceptors (Lipinski definition) is 3. The van der Waals surface area contributed by atoms with Crippen LogP contribution in [0.1, 0.15) is 17.3 Å². The third-order valence-electron chi connectivity index (χ3n) is 2.52. The van der Waals surface area contributed by atoms with Crippen LogP contribution in [0.5, 0.6) is 0 Å². The average molecular weight is 215 g/mol. The summed E-state index contributed by atoms with van der Waals surface area (Å²) in [5, 5.41) is 3.03. The normalized spacial score (nSPS) is 10.1. The zero-order valence-electron chi connectivity index (χ0n) is 9.28. The van der Waals surface area contributed by atoms with Crippen molar-refractivity contribution in [2.45, 2.75) is 6.92 Å². The van der Waals surface area contributed by atoms with Crippen molar-refractivity contribution in [3.05, 3.63) is 42.4 Å². The second kappa shape index (κ2) is 4.23. The third kappa shape index (κ3) is 1.84. The van der Waals surface area contributed by atoms with Crippen LogP contribution in [0.25, 0.3) is 11.1 Å². The molecule has 0 saturated carbocycles. The van der Waals surface area contributed by atoms with Gasteiger partial charge in [0, 0.05) is 23.9 Å². The smallest absolute Gasteiger partial charge is 0.161 e. The summed E-state index contributed by atoms with van der Waals surface area (Å²) in [6.45, 7) is 1.56. The fourth-order valence-corrected chi connectivity index (χ4v) is 1.67. The Kier molecular flexibility index (Phi) is 2.77. The minimum Gasteiger partial charge on any atom is -0.472 e. The Bertz CT molecular complexity index is 501. The molecule has 0 amide bonds. The van der Waals surface area contributed by atoms with Gasteiger partial charge >= 0.3 is 0 Å². The van der Waals surface area contributed by atoms with Crippen molar-refractivity contribution in [3.63, 3.8) is 0 Å². The van der Waals surface area contributed by atoms with E-state index in [2.05, 4.69) is 5.32 Å². The van der Waals surface area contributed by atoms with Gasteiger partial charge in [-0.3, -0.25) is 4.79 Å². The van der Waals surface area contributed by atoms with Crippen molar-refractivity contribution in [2.75, 3.05) is 12.4 Å². The number of rotatable bonds is 3. The van der Waals surface area contributed by atoms with Gasteiger partial charge in [-0.1, -0.05) is 6.07 Å². The van der Waals surface area contributed by atoms with Crippen LogP contribution in [0.4, 0.5) is 5.69 Å². The summed E-state index contributed by atoms with van der Waals surface area (Å²) in [4.78, 5) is 11.4. The topological polar surface area (TPSA) is 42.2 Å². The number of nitrogens with one attached hydrogen (secondary N) is 1. The Morgan fingerprint density at radius 3 is 2.62 bits per heavy atom. The van der Waals surface area contributed by atoms with E-state index in [1.165, 1.54) is 0 Å². The second-order valence-electron chi connectivity index (χ2n) is 3.58. The molecule has 82 valence electrons. The van der Waals surface area contributed by atoms with Crippen molar-refractivity contribution in [1.29, 1.82) is 0 Å². The average Bonchev–Trinajstić information content (AvgIpc) is 2.81. The van der Waals surface area contributed by atoms with Gasteiger partial charge in [0.2, 0.25) is 0 Å². The molecule has 0 aliphatic carbocycles. The quantitative estimate of drug-likeness (QED) is 0.799. The molecule has 1 heterocycles. The largest absolute Gasteiger partial charge is 0.472 e. The lowest BCUT2D eigenvalue weighted by Crippen LogP contribution is -2.00. The lowest BCUT2D eigenvalue weighted by molar-refractivity contribution is 0.101. The first kappa shape index (κ1) is 10.5. The summed E-state index contributed by atoms with van der Waals surface area (Å²) in [7, 11) is 1.81. The summed E-state index contributed by atoms with van der Waals surface area (Å²) in [5.74, 6) is 0.0584. The number of furan rings is 1. The zero-order valence-corrected chi connectivity index (χ0v) is 9.28. The predicted molar refractivity (Wildman–Crippen MR) is 63.7 cm³/mol. The summed E-state index contributed by atoms with van der Waals surface area (Å²) < 4.78 is 5.03. The standard InChI is InChI=1S/C13H13NO2/c1-9(15)12-4-3-10(7-13(12)14-2)11-5-6-16-8-11/h3-8,14H,1-2H3. The van der Waals surface area contributed by atoms with E-state index in [9.17, 15) is 4.79 Å². The minimum atomic E-state index is 0.0584. The van der Waals surface area contributed by atoms with Gasteiger partial charge in [0.05, 0.1) is 12.5 Å². The van der Waals surface area contributed by atoms with Gasteiger partial charge in [0.15, 0.2) is 5.78 Å². The molecular weight excluding hydrogens is 202 g/mol. The number of ketones is 1. The van der Waals surface area contributed by atoms with E-state index in [1.807, 2.05) is 24.3 Å². The molecule has 0 bridgehead atoms. The number of anilines is 1. The highest BCUT2D eigenvalue weighted by Crippen LogP contribution is 2.26. The molecule has 2 aromatic rings. The van der Waals surface area contributed by atoms with Crippen molar-refractivity contribution in [3.8, 4) is 11.1 Å². The number of carbonyl (C=O) groups is 1. The molecule has 0 aliphatic rings. The zero-order chi connectivity index (χ0) is 11.5. The van der Waals surface area contributed by atoms with Crippen LogP contribution in [-0.4, -0.2) is 12.8 Å². The lowest BCUT2D eigenvalue weighted by Gasteiger charge is -2.08. The molecule has 1 N–H and O–H groups in total. The first-order valence-corrected chi connectivity index (χ1v) is 5.07. The Hall–Kier alpha value is -2.03. The maximum absolute atomic E-state index is 11.4. The van der Waals surface area contributed by atoms with E-state index in [0.717, 1.165) is 16.8 Å². The van der Waals surface area contributed by atoms with E-state index in [1.54, 1.807) is 26.5 Å². The van der Waals surface area contributed by atoms with Crippen molar-refractivity contribution >= 4 is 11.5 Å². The molecule has 16 heavy (non-hydrogen) atoms. The number of benzene rings is 1. The molecule has 3 heteroatoms. The summed E-state index contributed by atoms with van der Waals surface area (Å²) >= 11 is 0. The van der Waals surface area contributed by atoms with Crippen LogP contribution >= 0.6 is 0 Å². The molecule has 0 aliphatic heterocycles. The Morgan fingerprint density at radius 1 is 1.25 bits per heavy atom. The highest BCUT2D eigenvalue weighted by molar-refractivity contribution is 6.00. The minimum absolute atomic E-state index is 0.0584. The molecule has 0 fully saturated rings. The monoisotopic (exact) mass is 215 g/mol. The second-order valence-corrected chi connectivity index (χ2v) is 3.58. The van der Waals surface area contributed by atoms with Crippen molar-refractivity contribution in [2.24, 2.45) is 0 Å². The fourth-order valence-electron chi connectivity index (χ4n) is 1.67. The van der Waals surface area contributed by atoms with Gasteiger partial charge < -0.3 is 9.73 Å². The maximum atomic E-state index is 11.4. The van der Waals surface area contributed by atoms with Crippen molar-refractivity contribution < 1.29 is 9.21 Å². The van der Waals surface area contributed by atoms with Crippen LogP contribution in [-0.2, 0) is 0 Å². The van der Waals surface area contributed by atoms with Gasteiger partial charge in [-0.05, 0) is 30.7 Å². The van der Waals surface area contributed by atoms with Crippen LogP contribution in [0.15, 0.2) is 41.2 Å². The van der Waals surface area contributed by atoms with E-state index in [4.69, 9.17) is 4.42 Å². The molecule has 0 atom stereocenters. The first-order valence-electron chi connectivity index (χ1n) is 5.07. The molecule has 0 radical (unpaired) electrons. The molecule has 0 spiro atoms. The predicted octanol–water partition coefficient (Wildman–Crippen LogP) is 3.19. The highest BCUT2D eigenvalue weighted by Gasteiger charge is 2.08. The number of hydrogen-bond donors (Lipinski definition) is 1. The molecule has 3 nitrogen and oxygen atoms in total. The van der Waals surface area contributed by atoms with Crippen LogP contribution in [0.2, 0.25) is 0 Å². The van der Waals surface area contributed by atoms with Gasteiger partial charge in [0.1, 0.15) is 0 Å². The van der Waals surface area contributed by atoms with E-state index >= 15 is 0 Å². The van der Waals surface area contributed by atoms with Gasteiger partial charge in [-0.25, -0.2) is 0 Å². The molecular formula is C13H13NO2. The summed E-state index contributed by atoms with van der Waals surface area (Å²) in [6.07, 6.45) is 3.31. The van der Waals surface area contributed by atoms with E-state index in [0.29, 0.717) is 5.56 Å². The van der Waals surface area contributed by atoms with E-state index < -0.39 is 0 Å². The molecule has 1 aromatic heterocycles. The summed E-state index contributed by atoms with van der Waals surface area (Å²) in [5.41, 5.74) is 3.58. The highest BCUT2D eigenvalue weighted by atomic mass is 16.3. The Morgan fingerprint density at radius 2 is 2.06 bits per heavy atom. The van der Waals surface area contributed by atoms with Crippen LogP contribution < -0.4 is 5.32 Å². The number of carbonyl (C=O) groups excluding carboxylic acids is 1. The third-order valence-corrected chi connectivity index (χ3v) is 2.52. The lowest BCUT2D eigenvalue weighted by atomic mass is 10.0. The Labute approximate surface area is 94.1 Å². The van der Waals surface area contributed by atoms with Crippen LogP contribution in [0.3, 0.4) is 0 Å². The van der Waals surface area contributed by atoms with Gasteiger partial charge in [-0.15, -0.1) is 0 Å². The van der Waals surface area contributed by atoms with Crippen molar-refractivity contribution in [1.82, 2.24) is 0 Å². The Balaban J connectivity index is 2.49. The van der Waals surface area contributed by atoms with Crippen LogP contribution in [0, 0.1) is 0 Å². The van der Waals surface area contributed by atoms with Gasteiger partial charge in [-0.2, -0.15) is 0 Å². The summed E-state index contributed by atoms with van der Waals surface area (Å²) in [6, 6.07) is 7.59. The van der Waals surface area contributed by atoms with Gasteiger partial charge in [0.25, 0.3) is 0 Å². The molecule has 1 aromatic carbocycles.